The third-order valence-electron chi connectivity index (χ3n) is 5.68. The molecule has 0 radical (unpaired) electrons. The van der Waals surface area contributed by atoms with E-state index in [0.29, 0.717) is 25.2 Å². The first-order chi connectivity index (χ1) is 13.5. The minimum Gasteiger partial charge on any atom is -0.371 e. The van der Waals surface area contributed by atoms with Gasteiger partial charge in [0, 0.05) is 38.4 Å². The van der Waals surface area contributed by atoms with Crippen LogP contribution in [0.3, 0.4) is 0 Å². The third kappa shape index (κ3) is 4.87. The van der Waals surface area contributed by atoms with E-state index >= 15 is 0 Å². The maximum absolute atomic E-state index is 13.1. The molecule has 1 aromatic carbocycles. The summed E-state index contributed by atoms with van der Waals surface area (Å²) in [5, 5.41) is 2.96. The molecule has 0 aliphatic carbocycles. The Labute approximate surface area is 169 Å². The summed E-state index contributed by atoms with van der Waals surface area (Å²) in [7, 11) is -3.56. The van der Waals surface area contributed by atoms with E-state index in [1.807, 2.05) is 6.07 Å². The molecular weight excluding hydrogens is 374 g/mol. The van der Waals surface area contributed by atoms with Crippen LogP contribution in [0.5, 0.6) is 0 Å². The predicted octanol–water partition coefficient (Wildman–Crippen LogP) is 3.38. The highest BCUT2D eigenvalue weighted by atomic mass is 32.2. The van der Waals surface area contributed by atoms with Gasteiger partial charge in [-0.05, 0) is 56.7 Å². The van der Waals surface area contributed by atoms with Gasteiger partial charge in [-0.25, -0.2) is 8.42 Å². The maximum Gasteiger partial charge on any atom is 0.253 e. The second kappa shape index (κ2) is 9.74. The van der Waals surface area contributed by atoms with Crippen LogP contribution in [-0.2, 0) is 10.0 Å². The number of nitrogens with zero attached hydrogens (tertiary/aromatic N) is 2. The third-order valence-corrected chi connectivity index (χ3v) is 7.57. The lowest BCUT2D eigenvalue weighted by Crippen LogP contribution is -2.36. The van der Waals surface area contributed by atoms with Crippen LogP contribution in [0.1, 0.15) is 68.6 Å². The van der Waals surface area contributed by atoms with E-state index < -0.39 is 10.0 Å². The van der Waals surface area contributed by atoms with Crippen molar-refractivity contribution in [3.8, 4) is 0 Å². The van der Waals surface area contributed by atoms with E-state index in [-0.39, 0.29) is 10.8 Å². The average molecular weight is 408 g/mol. The summed E-state index contributed by atoms with van der Waals surface area (Å²) < 4.78 is 27.7. The fourth-order valence-corrected chi connectivity index (χ4v) is 5.54. The van der Waals surface area contributed by atoms with Crippen molar-refractivity contribution >= 4 is 21.6 Å². The summed E-state index contributed by atoms with van der Waals surface area (Å²) in [6, 6.07) is 5.10. The largest absolute Gasteiger partial charge is 0.371 e. The van der Waals surface area contributed by atoms with Crippen LogP contribution in [-0.4, -0.2) is 51.4 Å². The van der Waals surface area contributed by atoms with Gasteiger partial charge in [0.15, 0.2) is 0 Å². The summed E-state index contributed by atoms with van der Waals surface area (Å²) in [4.78, 5) is 15.3. The lowest BCUT2D eigenvalue weighted by Gasteiger charge is -2.31. The molecule has 2 saturated heterocycles. The van der Waals surface area contributed by atoms with Crippen molar-refractivity contribution in [2.75, 3.05) is 37.6 Å². The number of amides is 1. The lowest BCUT2D eigenvalue weighted by molar-refractivity contribution is 0.0953. The zero-order valence-electron chi connectivity index (χ0n) is 17.0. The van der Waals surface area contributed by atoms with Gasteiger partial charge in [-0.2, -0.15) is 4.31 Å². The second-order valence-corrected chi connectivity index (χ2v) is 9.74. The minimum absolute atomic E-state index is 0.176. The molecule has 156 valence electrons. The number of carbonyl (C=O) groups is 1. The number of nitrogens with one attached hydrogen (secondary N) is 1. The standard InChI is InChI=1S/C21H33N3O3S/c1-2-3-12-22-21(25)19-17-18(28(26,27)24-15-8-5-9-16-24)10-11-20(19)23-13-6-4-7-14-23/h10-11,17H,2-9,12-16H2,1H3,(H,22,25). The van der Waals surface area contributed by atoms with E-state index in [1.165, 1.54) is 6.42 Å². The molecule has 2 aliphatic heterocycles. The molecule has 0 atom stereocenters. The van der Waals surface area contributed by atoms with Crippen LogP contribution in [0.2, 0.25) is 0 Å². The molecule has 1 amide bonds. The fraction of sp³-hybridized carbons (Fsp3) is 0.667. The lowest BCUT2D eigenvalue weighted by atomic mass is 10.1. The zero-order valence-corrected chi connectivity index (χ0v) is 17.8. The molecule has 2 fully saturated rings. The zero-order chi connectivity index (χ0) is 20.0. The van der Waals surface area contributed by atoms with Crippen LogP contribution in [0.15, 0.2) is 23.1 Å². The van der Waals surface area contributed by atoms with Crippen LogP contribution in [0, 0.1) is 0 Å². The molecule has 7 heteroatoms. The van der Waals surface area contributed by atoms with E-state index in [0.717, 1.165) is 63.7 Å². The van der Waals surface area contributed by atoms with Gasteiger partial charge in [0.1, 0.15) is 0 Å². The highest BCUT2D eigenvalue weighted by molar-refractivity contribution is 7.89. The number of hydrogen-bond donors (Lipinski definition) is 1. The summed E-state index contributed by atoms with van der Waals surface area (Å²) in [6.07, 6.45) is 8.19. The Balaban J connectivity index is 1.92. The van der Waals surface area contributed by atoms with Crippen LogP contribution >= 0.6 is 0 Å². The average Bonchev–Trinajstić information content (AvgIpc) is 2.74. The molecule has 28 heavy (non-hydrogen) atoms. The second-order valence-electron chi connectivity index (χ2n) is 7.80. The number of benzene rings is 1. The molecule has 0 spiro atoms. The van der Waals surface area contributed by atoms with Crippen molar-refractivity contribution in [1.82, 2.24) is 9.62 Å². The number of sulfonamides is 1. The normalized spacial score (nSPS) is 18.8. The van der Waals surface area contributed by atoms with Gasteiger partial charge in [0.2, 0.25) is 10.0 Å². The van der Waals surface area contributed by atoms with Gasteiger partial charge in [-0.15, -0.1) is 0 Å². The minimum atomic E-state index is -3.56. The first kappa shape index (κ1) is 21.1. The molecular formula is C21H33N3O3S. The summed E-state index contributed by atoms with van der Waals surface area (Å²) in [6.45, 7) is 5.64. The van der Waals surface area contributed by atoms with Crippen molar-refractivity contribution in [3.05, 3.63) is 23.8 Å². The van der Waals surface area contributed by atoms with Crippen molar-refractivity contribution in [2.24, 2.45) is 0 Å². The quantitative estimate of drug-likeness (QED) is 0.704. The Hall–Kier alpha value is -1.60. The fourth-order valence-electron chi connectivity index (χ4n) is 4.00. The van der Waals surface area contributed by atoms with E-state index in [1.54, 1.807) is 16.4 Å². The topological polar surface area (TPSA) is 69.7 Å². The SMILES string of the molecule is CCCCNC(=O)c1cc(S(=O)(=O)N2CCCCC2)ccc1N1CCCCC1. The summed E-state index contributed by atoms with van der Waals surface area (Å²) in [5.41, 5.74) is 1.34. The van der Waals surface area contributed by atoms with Gasteiger partial charge in [-0.1, -0.05) is 19.8 Å². The van der Waals surface area contributed by atoms with Gasteiger partial charge >= 0.3 is 0 Å². The molecule has 1 aromatic rings. The summed E-state index contributed by atoms with van der Waals surface area (Å²) >= 11 is 0. The maximum atomic E-state index is 13.1. The molecule has 0 saturated carbocycles. The van der Waals surface area contributed by atoms with Crippen molar-refractivity contribution < 1.29 is 13.2 Å². The molecule has 2 heterocycles. The highest BCUT2D eigenvalue weighted by Crippen LogP contribution is 2.29. The molecule has 0 bridgehead atoms. The Kier molecular flexibility index (Phi) is 7.35. The Morgan fingerprint density at radius 1 is 1.00 bits per heavy atom. The molecule has 3 rings (SSSR count). The van der Waals surface area contributed by atoms with Crippen molar-refractivity contribution in [3.63, 3.8) is 0 Å². The number of carbonyl (C=O) groups excluding carboxylic acids is 1. The molecule has 0 aromatic heterocycles. The van der Waals surface area contributed by atoms with Crippen molar-refractivity contribution in [1.29, 1.82) is 0 Å². The van der Waals surface area contributed by atoms with Crippen LogP contribution in [0.4, 0.5) is 5.69 Å². The van der Waals surface area contributed by atoms with Crippen molar-refractivity contribution in [2.45, 2.75) is 63.2 Å². The van der Waals surface area contributed by atoms with E-state index in [4.69, 9.17) is 0 Å². The molecule has 0 unspecified atom stereocenters. The van der Waals surface area contributed by atoms with Crippen LogP contribution < -0.4 is 10.2 Å². The molecule has 6 nitrogen and oxygen atoms in total. The Bertz CT molecular complexity index is 767. The van der Waals surface area contributed by atoms with Gasteiger partial charge in [0.25, 0.3) is 5.91 Å². The van der Waals surface area contributed by atoms with E-state index in [9.17, 15) is 13.2 Å². The van der Waals surface area contributed by atoms with Gasteiger partial charge in [-0.3, -0.25) is 4.79 Å². The number of piperidine rings is 2. The first-order valence-electron chi connectivity index (χ1n) is 10.7. The van der Waals surface area contributed by atoms with E-state index in [2.05, 4.69) is 17.1 Å². The number of hydrogen-bond acceptors (Lipinski definition) is 4. The van der Waals surface area contributed by atoms with Gasteiger partial charge in [0.05, 0.1) is 10.5 Å². The molecule has 2 aliphatic rings. The molecule has 1 N–H and O–H groups in total. The number of anilines is 1. The highest BCUT2D eigenvalue weighted by Gasteiger charge is 2.28. The van der Waals surface area contributed by atoms with Crippen LogP contribution in [0.25, 0.3) is 0 Å². The Morgan fingerprint density at radius 2 is 1.64 bits per heavy atom. The monoisotopic (exact) mass is 407 g/mol. The first-order valence-corrected chi connectivity index (χ1v) is 12.2. The Morgan fingerprint density at radius 3 is 2.29 bits per heavy atom. The smallest absolute Gasteiger partial charge is 0.253 e. The summed E-state index contributed by atoms with van der Waals surface area (Å²) in [5.74, 6) is -0.176. The number of rotatable bonds is 7. The van der Waals surface area contributed by atoms with Gasteiger partial charge < -0.3 is 10.2 Å². The number of unbranched alkanes of at least 4 members (excludes halogenated alkanes) is 1. The predicted molar refractivity (Wildman–Crippen MR) is 112 cm³/mol.